The highest BCUT2D eigenvalue weighted by Crippen LogP contribution is 2.21. The molecule has 0 aliphatic rings. The van der Waals surface area contributed by atoms with Crippen LogP contribution in [0.3, 0.4) is 0 Å². The Morgan fingerprint density at radius 1 is 1.00 bits per heavy atom. The van der Waals surface area contributed by atoms with Crippen LogP contribution in [0.1, 0.15) is 32.6 Å². The van der Waals surface area contributed by atoms with Crippen LogP contribution < -0.4 is 0 Å². The Morgan fingerprint density at radius 2 is 1.53 bits per heavy atom. The van der Waals surface area contributed by atoms with Gasteiger partial charge in [-0.2, -0.15) is 0 Å². The summed E-state index contributed by atoms with van der Waals surface area (Å²) < 4.78 is 21.3. The molecule has 0 aromatic rings. The van der Waals surface area contributed by atoms with Crippen LogP contribution in [0.15, 0.2) is 0 Å². The summed E-state index contributed by atoms with van der Waals surface area (Å²) in [5.74, 6) is 0. The van der Waals surface area contributed by atoms with Crippen LogP contribution >= 0.6 is 16.1 Å². The van der Waals surface area contributed by atoms with E-state index in [1.165, 1.54) is 0 Å². The maximum Gasteiger partial charge on any atom is 0.202 e. The van der Waals surface area contributed by atoms with Crippen LogP contribution in [0, 0.1) is 0 Å². The molecule has 7 heteroatoms. The second-order valence-electron chi connectivity index (χ2n) is 3.56. The number of hydrogen-bond acceptors (Lipinski definition) is 3. The van der Waals surface area contributed by atoms with Crippen LogP contribution in [0.5, 0.6) is 0 Å². The lowest BCUT2D eigenvalue weighted by atomic mass is 10.2. The molecule has 2 atom stereocenters. The van der Waals surface area contributed by atoms with Gasteiger partial charge in [0.05, 0.1) is 12.6 Å². The second-order valence-corrected chi connectivity index (χ2v) is 5.77. The van der Waals surface area contributed by atoms with Gasteiger partial charge >= 0.3 is 0 Å². The summed E-state index contributed by atoms with van der Waals surface area (Å²) in [7, 11) is -5.16. The lowest BCUT2D eigenvalue weighted by Crippen LogP contribution is -2.23. The first-order valence-electron chi connectivity index (χ1n) is 5.22. The fourth-order valence-corrected chi connectivity index (χ4v) is 2.89. The summed E-state index contributed by atoms with van der Waals surface area (Å²) in [6.07, 6.45) is 4.31. The predicted molar refractivity (Wildman–Crippen MR) is 63.0 cm³/mol. The third-order valence-corrected chi connectivity index (χ3v) is 3.48. The van der Waals surface area contributed by atoms with Gasteiger partial charge in [0.25, 0.3) is 0 Å². The first-order valence-corrected chi connectivity index (χ1v) is 8.34. The van der Waals surface area contributed by atoms with Crippen molar-refractivity contribution in [2.45, 2.75) is 32.6 Å². The van der Waals surface area contributed by atoms with E-state index in [0.717, 1.165) is 25.7 Å². The normalized spacial score (nSPS) is 15.5. The smallest absolute Gasteiger partial charge is 0.202 e. The summed E-state index contributed by atoms with van der Waals surface area (Å²) >= 11 is 0. The van der Waals surface area contributed by atoms with E-state index in [9.17, 15) is 9.13 Å². The minimum absolute atomic E-state index is 0.0355. The van der Waals surface area contributed by atoms with E-state index in [-0.39, 0.29) is 12.6 Å². The van der Waals surface area contributed by atoms with Crippen LogP contribution in [0.25, 0.3) is 0 Å². The molecule has 0 saturated carbocycles. The first kappa shape index (κ1) is 15.3. The SMILES string of the molecule is CCCCCCN(C[PH](=O)O)C[PH](=O)O. The molecule has 0 radical (unpaired) electrons. The molecular weight excluding hydrogens is 236 g/mol. The van der Waals surface area contributed by atoms with Crippen molar-refractivity contribution in [3.8, 4) is 0 Å². The molecule has 0 rings (SSSR count). The topological polar surface area (TPSA) is 77.8 Å². The van der Waals surface area contributed by atoms with Crippen LogP contribution in [0.2, 0.25) is 0 Å². The molecule has 2 unspecified atom stereocenters. The van der Waals surface area contributed by atoms with E-state index in [2.05, 4.69) is 6.92 Å². The molecule has 0 heterocycles. The van der Waals surface area contributed by atoms with Gasteiger partial charge in [-0.05, 0) is 13.0 Å². The monoisotopic (exact) mass is 257 g/mol. The van der Waals surface area contributed by atoms with Crippen molar-refractivity contribution in [2.24, 2.45) is 0 Å². The van der Waals surface area contributed by atoms with Gasteiger partial charge in [0, 0.05) is 0 Å². The van der Waals surface area contributed by atoms with Gasteiger partial charge in [-0.25, -0.2) is 0 Å². The van der Waals surface area contributed by atoms with Gasteiger partial charge in [0.1, 0.15) is 0 Å². The van der Waals surface area contributed by atoms with Gasteiger partial charge in [-0.1, -0.05) is 26.2 Å². The zero-order chi connectivity index (χ0) is 11.7. The summed E-state index contributed by atoms with van der Waals surface area (Å²) in [6, 6.07) is 0. The fourth-order valence-electron chi connectivity index (χ4n) is 1.36. The zero-order valence-electron chi connectivity index (χ0n) is 9.11. The van der Waals surface area contributed by atoms with Crippen molar-refractivity contribution in [1.29, 1.82) is 0 Å². The molecule has 0 aliphatic carbocycles. The fraction of sp³-hybridized carbons (Fsp3) is 1.00. The van der Waals surface area contributed by atoms with Gasteiger partial charge in [-0.3, -0.25) is 14.0 Å². The van der Waals surface area contributed by atoms with E-state index in [0.29, 0.717) is 6.54 Å². The van der Waals surface area contributed by atoms with Crippen molar-refractivity contribution in [3.63, 3.8) is 0 Å². The maximum atomic E-state index is 10.7. The molecule has 0 bridgehead atoms. The van der Waals surface area contributed by atoms with E-state index in [1.807, 2.05) is 0 Å². The van der Waals surface area contributed by atoms with E-state index >= 15 is 0 Å². The minimum Gasteiger partial charge on any atom is -0.345 e. The van der Waals surface area contributed by atoms with E-state index in [4.69, 9.17) is 9.79 Å². The first-order chi connectivity index (χ1) is 7.06. The van der Waals surface area contributed by atoms with Crippen molar-refractivity contribution in [3.05, 3.63) is 0 Å². The average Bonchev–Trinajstić information content (AvgIpc) is 2.10. The Hall–Kier alpha value is 0.340. The lowest BCUT2D eigenvalue weighted by Gasteiger charge is -2.18. The Kier molecular flexibility index (Phi) is 9.77. The van der Waals surface area contributed by atoms with Crippen molar-refractivity contribution >= 4 is 16.1 Å². The summed E-state index contributed by atoms with van der Waals surface area (Å²) in [6.45, 7) is 2.74. The third-order valence-electron chi connectivity index (χ3n) is 2.05. The lowest BCUT2D eigenvalue weighted by molar-refractivity contribution is 0.329. The molecule has 0 amide bonds. The maximum absolute atomic E-state index is 10.7. The third kappa shape index (κ3) is 10.6. The zero-order valence-corrected chi connectivity index (χ0v) is 11.1. The highest BCUT2D eigenvalue weighted by atomic mass is 31.1. The molecule has 15 heavy (non-hydrogen) atoms. The van der Waals surface area contributed by atoms with Crippen LogP contribution in [-0.2, 0) is 9.13 Å². The summed E-state index contributed by atoms with van der Waals surface area (Å²) in [4.78, 5) is 19.2. The molecule has 0 saturated heterocycles. The van der Waals surface area contributed by atoms with Crippen molar-refractivity contribution in [2.75, 3.05) is 19.1 Å². The van der Waals surface area contributed by atoms with E-state index in [1.54, 1.807) is 4.90 Å². The molecule has 0 spiro atoms. The predicted octanol–water partition coefficient (Wildman–Crippen LogP) is 1.72. The largest absolute Gasteiger partial charge is 0.345 e. The highest BCUT2D eigenvalue weighted by molar-refractivity contribution is 7.38. The molecule has 0 fully saturated rings. The molecule has 5 nitrogen and oxygen atoms in total. The molecular formula is C8H21NO4P2. The average molecular weight is 257 g/mol. The molecule has 2 N–H and O–H groups in total. The second kappa shape index (κ2) is 9.56. The number of nitrogens with zero attached hydrogens (tertiary/aromatic N) is 1. The Labute approximate surface area is 92.2 Å². The van der Waals surface area contributed by atoms with Crippen LogP contribution in [0.4, 0.5) is 0 Å². The van der Waals surface area contributed by atoms with Gasteiger partial charge in [0.2, 0.25) is 16.1 Å². The highest BCUT2D eigenvalue weighted by Gasteiger charge is 2.09. The standard InChI is InChI=1S/C8H21NO4P2/c1-2-3-4-5-6-9(7-14(10)11)8-15(12)13/h14-15H,2-8H2,1H3,(H,10,11)(H,12,13). The summed E-state index contributed by atoms with van der Waals surface area (Å²) in [5.41, 5.74) is 0. The quantitative estimate of drug-likeness (QED) is 0.485. The Balaban J connectivity index is 3.79. The molecule has 0 aliphatic heterocycles. The number of hydrogen-bond donors (Lipinski definition) is 2. The Morgan fingerprint density at radius 3 is 1.93 bits per heavy atom. The molecule has 92 valence electrons. The minimum atomic E-state index is -2.58. The van der Waals surface area contributed by atoms with Crippen molar-refractivity contribution in [1.82, 2.24) is 4.90 Å². The molecule has 0 aromatic heterocycles. The van der Waals surface area contributed by atoms with Gasteiger partial charge in [0.15, 0.2) is 0 Å². The van der Waals surface area contributed by atoms with E-state index < -0.39 is 16.1 Å². The van der Waals surface area contributed by atoms with Gasteiger partial charge < -0.3 is 9.79 Å². The number of rotatable bonds is 9. The Bertz CT molecular complexity index is 197. The van der Waals surface area contributed by atoms with Crippen LogP contribution in [-0.4, -0.2) is 33.8 Å². The van der Waals surface area contributed by atoms with Crippen molar-refractivity contribution < 1.29 is 18.9 Å². The molecule has 0 aromatic carbocycles. The van der Waals surface area contributed by atoms with Gasteiger partial charge in [-0.15, -0.1) is 0 Å². The summed E-state index contributed by atoms with van der Waals surface area (Å²) in [5, 5.41) is 0. The number of unbranched alkanes of at least 4 members (excludes halogenated alkanes) is 3.